The molecule has 0 spiro atoms. The maximum Gasteiger partial charge on any atom is 0.244 e. The zero-order valence-electron chi connectivity index (χ0n) is 10.2. The van der Waals surface area contributed by atoms with Crippen molar-refractivity contribution in [3.8, 4) is 0 Å². The van der Waals surface area contributed by atoms with E-state index in [0.717, 1.165) is 17.7 Å². The number of allylic oxidation sites excluding steroid dienone is 1. The Kier molecular flexibility index (Phi) is 3.89. The van der Waals surface area contributed by atoms with E-state index in [1.165, 1.54) is 10.5 Å². The van der Waals surface area contributed by atoms with Gasteiger partial charge in [-0.05, 0) is 31.9 Å². The van der Waals surface area contributed by atoms with Gasteiger partial charge in [0.15, 0.2) is 0 Å². The second-order valence-electron chi connectivity index (χ2n) is 4.46. The van der Waals surface area contributed by atoms with E-state index in [1.54, 1.807) is 6.08 Å². The van der Waals surface area contributed by atoms with Crippen LogP contribution in [0.1, 0.15) is 31.9 Å². The molecular weight excluding hydrogens is 230 g/mol. The number of carbonyl (C=O) groups is 1. The van der Waals surface area contributed by atoms with Crippen LogP contribution in [-0.2, 0) is 4.79 Å². The third-order valence-corrected chi connectivity index (χ3v) is 3.82. The highest BCUT2D eigenvalue weighted by atomic mass is 32.2. The Hall–Kier alpha value is -1.22. The summed E-state index contributed by atoms with van der Waals surface area (Å²) in [5, 5.41) is 3.08. The van der Waals surface area contributed by atoms with Crippen LogP contribution in [0.25, 0.3) is 0 Å². The Morgan fingerprint density at radius 2 is 2.18 bits per heavy atom. The van der Waals surface area contributed by atoms with Gasteiger partial charge in [0.25, 0.3) is 0 Å². The fraction of sp³-hybridized carbons (Fsp3) is 0.357. The first kappa shape index (κ1) is 12.2. The zero-order valence-corrected chi connectivity index (χ0v) is 11.0. The summed E-state index contributed by atoms with van der Waals surface area (Å²) >= 11 is 1.87. The largest absolute Gasteiger partial charge is 0.346 e. The van der Waals surface area contributed by atoms with Gasteiger partial charge in [-0.2, -0.15) is 0 Å². The van der Waals surface area contributed by atoms with Gasteiger partial charge < -0.3 is 5.32 Å². The summed E-state index contributed by atoms with van der Waals surface area (Å²) in [5.41, 5.74) is 2.28. The molecule has 1 aromatic rings. The van der Waals surface area contributed by atoms with Crippen molar-refractivity contribution in [3.63, 3.8) is 0 Å². The van der Waals surface area contributed by atoms with E-state index in [0.29, 0.717) is 0 Å². The van der Waals surface area contributed by atoms with E-state index in [2.05, 4.69) is 17.4 Å². The molecule has 90 valence electrons. The molecule has 2 rings (SSSR count). The molecule has 1 heterocycles. The summed E-state index contributed by atoms with van der Waals surface area (Å²) in [6.07, 6.45) is 2.66. The van der Waals surface area contributed by atoms with Crippen molar-refractivity contribution in [2.24, 2.45) is 0 Å². The Morgan fingerprint density at radius 3 is 2.94 bits per heavy atom. The summed E-state index contributed by atoms with van der Waals surface area (Å²) in [7, 11) is 0. The molecule has 2 nitrogen and oxygen atoms in total. The number of thioether (sulfide) groups is 1. The molecule has 1 amide bonds. The molecule has 1 atom stereocenters. The predicted molar refractivity (Wildman–Crippen MR) is 72.1 cm³/mol. The lowest BCUT2D eigenvalue weighted by Crippen LogP contribution is -2.29. The summed E-state index contributed by atoms with van der Waals surface area (Å²) in [6, 6.07) is 8.47. The van der Waals surface area contributed by atoms with E-state index in [9.17, 15) is 4.79 Å². The molecule has 1 aromatic carbocycles. The summed E-state index contributed by atoms with van der Waals surface area (Å²) in [6.45, 7) is 3.87. The number of hydrogen-bond acceptors (Lipinski definition) is 2. The number of rotatable bonds is 2. The minimum atomic E-state index is 0.0108. The van der Waals surface area contributed by atoms with Crippen molar-refractivity contribution >= 4 is 17.7 Å². The van der Waals surface area contributed by atoms with Crippen molar-refractivity contribution in [3.05, 3.63) is 41.5 Å². The maximum absolute atomic E-state index is 11.7. The third-order valence-electron chi connectivity index (χ3n) is 2.69. The Balaban J connectivity index is 2.14. The molecule has 0 saturated heterocycles. The fourth-order valence-electron chi connectivity index (χ4n) is 1.97. The first-order valence-corrected chi connectivity index (χ1v) is 6.82. The van der Waals surface area contributed by atoms with Crippen LogP contribution in [0.5, 0.6) is 0 Å². The Morgan fingerprint density at radius 1 is 1.41 bits per heavy atom. The molecule has 0 aromatic heterocycles. The number of nitrogens with one attached hydrogen (secondary N) is 1. The van der Waals surface area contributed by atoms with Crippen molar-refractivity contribution in [2.45, 2.75) is 31.2 Å². The van der Waals surface area contributed by atoms with Gasteiger partial charge >= 0.3 is 0 Å². The molecule has 0 fully saturated rings. The SMILES string of the molecule is CC(C)=CC(=O)N[C@@H]1CCSc2ccccc21. The smallest absolute Gasteiger partial charge is 0.244 e. The van der Waals surface area contributed by atoms with E-state index in [1.807, 2.05) is 37.7 Å². The average molecular weight is 247 g/mol. The molecule has 0 radical (unpaired) electrons. The number of amides is 1. The van der Waals surface area contributed by atoms with Gasteiger partial charge in [0.1, 0.15) is 0 Å². The first-order valence-electron chi connectivity index (χ1n) is 5.84. The van der Waals surface area contributed by atoms with Crippen LogP contribution < -0.4 is 5.32 Å². The monoisotopic (exact) mass is 247 g/mol. The molecule has 1 N–H and O–H groups in total. The summed E-state index contributed by atoms with van der Waals surface area (Å²) in [5.74, 6) is 1.08. The molecule has 0 bridgehead atoms. The van der Waals surface area contributed by atoms with Crippen LogP contribution in [0, 0.1) is 0 Å². The van der Waals surface area contributed by atoms with Crippen LogP contribution in [-0.4, -0.2) is 11.7 Å². The Labute approximate surface area is 106 Å². The molecule has 0 unspecified atom stereocenters. The Bertz CT molecular complexity index is 449. The molecule has 17 heavy (non-hydrogen) atoms. The minimum Gasteiger partial charge on any atom is -0.346 e. The van der Waals surface area contributed by atoms with E-state index in [-0.39, 0.29) is 11.9 Å². The van der Waals surface area contributed by atoms with E-state index < -0.39 is 0 Å². The second-order valence-corrected chi connectivity index (χ2v) is 5.59. The maximum atomic E-state index is 11.7. The van der Waals surface area contributed by atoms with Crippen LogP contribution in [0.3, 0.4) is 0 Å². The number of benzene rings is 1. The first-order chi connectivity index (χ1) is 8.16. The van der Waals surface area contributed by atoms with Crippen molar-refractivity contribution < 1.29 is 4.79 Å². The quantitative estimate of drug-likeness (QED) is 0.812. The van der Waals surface area contributed by atoms with Gasteiger partial charge in [-0.3, -0.25) is 4.79 Å². The van der Waals surface area contributed by atoms with Crippen LogP contribution in [0.2, 0.25) is 0 Å². The lowest BCUT2D eigenvalue weighted by molar-refractivity contribution is -0.117. The highest BCUT2D eigenvalue weighted by molar-refractivity contribution is 7.99. The van der Waals surface area contributed by atoms with Crippen LogP contribution in [0.4, 0.5) is 0 Å². The molecule has 1 aliphatic rings. The molecule has 0 aliphatic carbocycles. The van der Waals surface area contributed by atoms with Gasteiger partial charge in [0.05, 0.1) is 6.04 Å². The van der Waals surface area contributed by atoms with Gasteiger partial charge in [-0.25, -0.2) is 0 Å². The zero-order chi connectivity index (χ0) is 12.3. The van der Waals surface area contributed by atoms with Crippen molar-refractivity contribution in [1.82, 2.24) is 5.32 Å². The third kappa shape index (κ3) is 3.13. The van der Waals surface area contributed by atoms with Gasteiger partial charge in [-0.1, -0.05) is 23.8 Å². The van der Waals surface area contributed by atoms with Gasteiger partial charge in [0, 0.05) is 16.7 Å². The highest BCUT2D eigenvalue weighted by Gasteiger charge is 2.20. The topological polar surface area (TPSA) is 29.1 Å². The molecule has 3 heteroatoms. The standard InChI is InChI=1S/C14H17NOS/c1-10(2)9-14(16)15-12-7-8-17-13-6-4-3-5-11(12)13/h3-6,9,12H,7-8H2,1-2H3,(H,15,16)/t12-/m1/s1. The number of fused-ring (bicyclic) bond motifs is 1. The predicted octanol–water partition coefficient (Wildman–Crippen LogP) is 3.31. The minimum absolute atomic E-state index is 0.0108. The van der Waals surface area contributed by atoms with Gasteiger partial charge in [-0.15, -0.1) is 11.8 Å². The normalized spacial score (nSPS) is 18.1. The number of carbonyl (C=O) groups excluding carboxylic acids is 1. The molecule has 0 saturated carbocycles. The number of hydrogen-bond donors (Lipinski definition) is 1. The lowest BCUT2D eigenvalue weighted by atomic mass is 10.0. The van der Waals surface area contributed by atoms with Crippen molar-refractivity contribution in [2.75, 3.05) is 5.75 Å². The average Bonchev–Trinajstić information content (AvgIpc) is 2.28. The van der Waals surface area contributed by atoms with E-state index >= 15 is 0 Å². The van der Waals surface area contributed by atoms with E-state index in [4.69, 9.17) is 0 Å². The van der Waals surface area contributed by atoms with Crippen molar-refractivity contribution in [1.29, 1.82) is 0 Å². The molecule has 1 aliphatic heterocycles. The van der Waals surface area contributed by atoms with Crippen LogP contribution >= 0.6 is 11.8 Å². The van der Waals surface area contributed by atoms with Gasteiger partial charge in [0.2, 0.25) is 5.91 Å². The highest BCUT2D eigenvalue weighted by Crippen LogP contribution is 2.35. The fourth-order valence-corrected chi connectivity index (χ4v) is 3.09. The molecular formula is C14H17NOS. The summed E-state index contributed by atoms with van der Waals surface area (Å²) < 4.78 is 0. The van der Waals surface area contributed by atoms with Crippen LogP contribution in [0.15, 0.2) is 40.8 Å². The second kappa shape index (κ2) is 5.41. The summed E-state index contributed by atoms with van der Waals surface area (Å²) in [4.78, 5) is 13.0. The lowest BCUT2D eigenvalue weighted by Gasteiger charge is -2.25.